The van der Waals surface area contributed by atoms with Crippen LogP contribution in [0.3, 0.4) is 0 Å². The standard InChI is InChI=1S/C16H25NO/c1-2-15-8-7-9-16(14-15)18-13-6-5-12-17-10-3-4-11-17/h7-9,14H,2-6,10-13H2,1H3. The number of likely N-dealkylation sites (tertiary alicyclic amines) is 1. The zero-order valence-corrected chi connectivity index (χ0v) is 11.5. The van der Waals surface area contributed by atoms with Crippen LogP contribution in [0.25, 0.3) is 0 Å². The number of hydrogen-bond donors (Lipinski definition) is 0. The van der Waals surface area contributed by atoms with Crippen LogP contribution in [-0.2, 0) is 6.42 Å². The molecule has 0 aliphatic carbocycles. The van der Waals surface area contributed by atoms with Gasteiger partial charge in [0.2, 0.25) is 0 Å². The fraction of sp³-hybridized carbons (Fsp3) is 0.625. The number of unbranched alkanes of at least 4 members (excludes halogenated alkanes) is 1. The summed E-state index contributed by atoms with van der Waals surface area (Å²) in [6.45, 7) is 6.88. The van der Waals surface area contributed by atoms with Crippen molar-refractivity contribution in [2.45, 2.75) is 39.0 Å². The highest BCUT2D eigenvalue weighted by molar-refractivity contribution is 5.28. The molecule has 0 N–H and O–H groups in total. The Bertz CT molecular complexity index is 345. The second kappa shape index (κ2) is 7.42. The minimum Gasteiger partial charge on any atom is -0.494 e. The second-order valence-corrected chi connectivity index (χ2v) is 5.11. The Morgan fingerprint density at radius 2 is 2.00 bits per heavy atom. The van der Waals surface area contributed by atoms with Crippen LogP contribution < -0.4 is 4.74 Å². The minimum atomic E-state index is 0.848. The van der Waals surface area contributed by atoms with Gasteiger partial charge in [0.05, 0.1) is 6.61 Å². The summed E-state index contributed by atoms with van der Waals surface area (Å²) in [5, 5.41) is 0. The normalized spacial score (nSPS) is 16.1. The molecule has 1 aliphatic rings. The van der Waals surface area contributed by atoms with Crippen molar-refractivity contribution >= 4 is 0 Å². The summed E-state index contributed by atoms with van der Waals surface area (Å²) >= 11 is 0. The van der Waals surface area contributed by atoms with Crippen LogP contribution in [0.1, 0.15) is 38.2 Å². The molecule has 100 valence electrons. The first-order chi connectivity index (χ1) is 8.88. The lowest BCUT2D eigenvalue weighted by molar-refractivity contribution is 0.279. The van der Waals surface area contributed by atoms with Crippen LogP contribution in [0.4, 0.5) is 0 Å². The van der Waals surface area contributed by atoms with Crippen molar-refractivity contribution in [3.8, 4) is 5.75 Å². The molecule has 0 spiro atoms. The lowest BCUT2D eigenvalue weighted by Crippen LogP contribution is -2.20. The van der Waals surface area contributed by atoms with Gasteiger partial charge in [0.15, 0.2) is 0 Å². The number of rotatable bonds is 7. The van der Waals surface area contributed by atoms with E-state index in [9.17, 15) is 0 Å². The summed E-state index contributed by atoms with van der Waals surface area (Å²) in [5.74, 6) is 1.02. The predicted molar refractivity (Wildman–Crippen MR) is 76.2 cm³/mol. The topological polar surface area (TPSA) is 12.5 Å². The van der Waals surface area contributed by atoms with Crippen LogP contribution in [0.5, 0.6) is 5.75 Å². The Balaban J connectivity index is 1.59. The molecule has 2 heteroatoms. The summed E-state index contributed by atoms with van der Waals surface area (Å²) in [4.78, 5) is 2.57. The van der Waals surface area contributed by atoms with Crippen molar-refractivity contribution in [3.05, 3.63) is 29.8 Å². The van der Waals surface area contributed by atoms with E-state index in [1.807, 2.05) is 0 Å². The summed E-state index contributed by atoms with van der Waals surface area (Å²) in [6.07, 6.45) is 6.27. The maximum atomic E-state index is 5.79. The molecule has 0 unspecified atom stereocenters. The molecule has 1 fully saturated rings. The van der Waals surface area contributed by atoms with Crippen LogP contribution in [0.2, 0.25) is 0 Å². The Morgan fingerprint density at radius 1 is 1.17 bits per heavy atom. The summed E-state index contributed by atoms with van der Waals surface area (Å²) in [5.41, 5.74) is 1.35. The lowest BCUT2D eigenvalue weighted by atomic mass is 10.2. The molecule has 1 aromatic carbocycles. The molecule has 0 bridgehead atoms. The Kier molecular flexibility index (Phi) is 5.53. The first-order valence-electron chi connectivity index (χ1n) is 7.32. The molecule has 0 radical (unpaired) electrons. The fourth-order valence-corrected chi connectivity index (χ4v) is 2.49. The summed E-state index contributed by atoms with van der Waals surface area (Å²) < 4.78 is 5.79. The Labute approximate surface area is 111 Å². The lowest BCUT2D eigenvalue weighted by Gasteiger charge is -2.14. The molecule has 1 saturated heterocycles. The smallest absolute Gasteiger partial charge is 0.119 e. The zero-order valence-electron chi connectivity index (χ0n) is 11.5. The van der Waals surface area contributed by atoms with Crippen LogP contribution in [0.15, 0.2) is 24.3 Å². The van der Waals surface area contributed by atoms with E-state index in [0.717, 1.165) is 25.2 Å². The molecule has 0 aromatic heterocycles. The number of hydrogen-bond acceptors (Lipinski definition) is 2. The molecule has 0 amide bonds. The van der Waals surface area contributed by atoms with Gasteiger partial charge in [-0.15, -0.1) is 0 Å². The zero-order chi connectivity index (χ0) is 12.6. The highest BCUT2D eigenvalue weighted by Crippen LogP contribution is 2.14. The average Bonchev–Trinajstić information content (AvgIpc) is 2.92. The van der Waals surface area contributed by atoms with Gasteiger partial charge in [-0.1, -0.05) is 19.1 Å². The van der Waals surface area contributed by atoms with E-state index in [0.29, 0.717) is 0 Å². The Morgan fingerprint density at radius 3 is 2.78 bits per heavy atom. The molecule has 1 aromatic rings. The number of nitrogens with zero attached hydrogens (tertiary/aromatic N) is 1. The Hall–Kier alpha value is -1.02. The molecular weight excluding hydrogens is 222 g/mol. The van der Waals surface area contributed by atoms with Gasteiger partial charge in [-0.3, -0.25) is 0 Å². The molecule has 2 rings (SSSR count). The van der Waals surface area contributed by atoms with Gasteiger partial charge in [0.25, 0.3) is 0 Å². The van der Waals surface area contributed by atoms with Crippen molar-refractivity contribution in [2.24, 2.45) is 0 Å². The van der Waals surface area contributed by atoms with E-state index >= 15 is 0 Å². The average molecular weight is 247 g/mol. The van der Waals surface area contributed by atoms with Crippen LogP contribution >= 0.6 is 0 Å². The van der Waals surface area contributed by atoms with Crippen molar-refractivity contribution < 1.29 is 4.74 Å². The van der Waals surface area contributed by atoms with E-state index in [1.54, 1.807) is 0 Å². The fourth-order valence-electron chi connectivity index (χ4n) is 2.49. The van der Waals surface area contributed by atoms with Gasteiger partial charge in [-0.25, -0.2) is 0 Å². The van der Waals surface area contributed by atoms with Gasteiger partial charge >= 0.3 is 0 Å². The quantitative estimate of drug-likeness (QED) is 0.684. The van der Waals surface area contributed by atoms with E-state index < -0.39 is 0 Å². The van der Waals surface area contributed by atoms with E-state index in [2.05, 4.69) is 36.1 Å². The first-order valence-corrected chi connectivity index (χ1v) is 7.32. The molecule has 1 aliphatic heterocycles. The van der Waals surface area contributed by atoms with E-state index in [1.165, 1.54) is 44.5 Å². The highest BCUT2D eigenvalue weighted by Gasteiger charge is 2.09. The third kappa shape index (κ3) is 4.34. The summed E-state index contributed by atoms with van der Waals surface area (Å²) in [6, 6.07) is 8.44. The number of benzene rings is 1. The maximum Gasteiger partial charge on any atom is 0.119 e. The SMILES string of the molecule is CCc1cccc(OCCCCN2CCCC2)c1. The van der Waals surface area contributed by atoms with E-state index in [4.69, 9.17) is 4.74 Å². The molecule has 0 atom stereocenters. The molecule has 2 nitrogen and oxygen atoms in total. The van der Waals surface area contributed by atoms with Gasteiger partial charge in [0, 0.05) is 0 Å². The summed E-state index contributed by atoms with van der Waals surface area (Å²) in [7, 11) is 0. The third-order valence-electron chi connectivity index (χ3n) is 3.64. The van der Waals surface area contributed by atoms with Gasteiger partial charge in [-0.05, 0) is 69.4 Å². The third-order valence-corrected chi connectivity index (χ3v) is 3.64. The van der Waals surface area contributed by atoms with Crippen molar-refractivity contribution in [1.82, 2.24) is 4.90 Å². The van der Waals surface area contributed by atoms with Crippen molar-refractivity contribution in [1.29, 1.82) is 0 Å². The van der Waals surface area contributed by atoms with Crippen molar-refractivity contribution in [2.75, 3.05) is 26.2 Å². The molecule has 1 heterocycles. The van der Waals surface area contributed by atoms with Gasteiger partial charge < -0.3 is 9.64 Å². The monoisotopic (exact) mass is 247 g/mol. The largest absolute Gasteiger partial charge is 0.494 e. The number of ether oxygens (including phenoxy) is 1. The van der Waals surface area contributed by atoms with E-state index in [-0.39, 0.29) is 0 Å². The maximum absolute atomic E-state index is 5.79. The second-order valence-electron chi connectivity index (χ2n) is 5.11. The van der Waals surface area contributed by atoms with Crippen LogP contribution in [0, 0.1) is 0 Å². The molecule has 18 heavy (non-hydrogen) atoms. The number of aryl methyl sites for hydroxylation is 1. The highest BCUT2D eigenvalue weighted by atomic mass is 16.5. The molecular formula is C16H25NO. The van der Waals surface area contributed by atoms with Gasteiger partial charge in [0.1, 0.15) is 5.75 Å². The van der Waals surface area contributed by atoms with Crippen molar-refractivity contribution in [3.63, 3.8) is 0 Å². The molecule has 0 saturated carbocycles. The minimum absolute atomic E-state index is 0.848. The van der Waals surface area contributed by atoms with Crippen LogP contribution in [-0.4, -0.2) is 31.1 Å². The predicted octanol–water partition coefficient (Wildman–Crippen LogP) is 3.50. The van der Waals surface area contributed by atoms with Gasteiger partial charge in [-0.2, -0.15) is 0 Å². The first kappa shape index (κ1) is 13.4.